The number of aliphatic imine (C=N–C) groups is 1. The Labute approximate surface area is 152 Å². The van der Waals surface area contributed by atoms with Gasteiger partial charge in [0.15, 0.2) is 0 Å². The molecular formula is C23H19FN2. The number of benzene rings is 2. The van der Waals surface area contributed by atoms with Crippen molar-refractivity contribution in [2.75, 3.05) is 6.54 Å². The van der Waals surface area contributed by atoms with E-state index in [-0.39, 0.29) is 5.82 Å². The standard InChI is InChI=1S/C23H19FN2/c24-22-11-10-17(15-21(22)18-6-2-1-3-7-18)14-19-8-5-13-26-23(19)20-9-4-12-25-16-20/h1-4,6-7,9-12,14-16H,5,8,13H2/b19-14+. The Balaban J connectivity index is 1.74. The quantitative estimate of drug-likeness (QED) is 0.612. The van der Waals surface area contributed by atoms with Gasteiger partial charge >= 0.3 is 0 Å². The third-order valence-electron chi connectivity index (χ3n) is 4.53. The normalized spacial score (nSPS) is 15.7. The first-order valence-corrected chi connectivity index (χ1v) is 8.82. The van der Waals surface area contributed by atoms with Crippen molar-refractivity contribution in [3.05, 3.63) is 95.6 Å². The van der Waals surface area contributed by atoms with Crippen LogP contribution in [0.25, 0.3) is 17.2 Å². The first-order chi connectivity index (χ1) is 12.8. The van der Waals surface area contributed by atoms with Crippen molar-refractivity contribution < 1.29 is 4.39 Å². The van der Waals surface area contributed by atoms with Gasteiger partial charge in [0, 0.05) is 30.1 Å². The molecule has 2 nitrogen and oxygen atoms in total. The SMILES string of the molecule is Fc1ccc(/C=C2\CCCN=C2c2cccnc2)cc1-c1ccccc1. The van der Waals surface area contributed by atoms with Gasteiger partial charge in [-0.15, -0.1) is 0 Å². The summed E-state index contributed by atoms with van der Waals surface area (Å²) in [5.41, 5.74) is 5.69. The Hall–Kier alpha value is -3.07. The smallest absolute Gasteiger partial charge is 0.131 e. The third-order valence-corrected chi connectivity index (χ3v) is 4.53. The lowest BCUT2D eigenvalue weighted by Gasteiger charge is -2.16. The zero-order valence-corrected chi connectivity index (χ0v) is 14.4. The van der Waals surface area contributed by atoms with Gasteiger partial charge in [-0.3, -0.25) is 9.98 Å². The summed E-state index contributed by atoms with van der Waals surface area (Å²) < 4.78 is 14.3. The largest absolute Gasteiger partial charge is 0.284 e. The van der Waals surface area contributed by atoms with E-state index in [1.54, 1.807) is 12.3 Å². The molecule has 2 heterocycles. The van der Waals surface area contributed by atoms with Crippen LogP contribution in [0, 0.1) is 5.82 Å². The van der Waals surface area contributed by atoms with Crippen LogP contribution in [0.4, 0.5) is 4.39 Å². The van der Waals surface area contributed by atoms with E-state index in [2.05, 4.69) is 11.1 Å². The molecule has 0 unspecified atom stereocenters. The molecule has 0 amide bonds. The molecule has 0 aliphatic carbocycles. The van der Waals surface area contributed by atoms with Gasteiger partial charge < -0.3 is 0 Å². The fourth-order valence-electron chi connectivity index (χ4n) is 3.27. The maximum atomic E-state index is 14.3. The summed E-state index contributed by atoms with van der Waals surface area (Å²) >= 11 is 0. The number of hydrogen-bond donors (Lipinski definition) is 0. The van der Waals surface area contributed by atoms with E-state index in [9.17, 15) is 4.39 Å². The molecule has 0 bridgehead atoms. The minimum atomic E-state index is -0.205. The number of allylic oxidation sites excluding steroid dienone is 1. The molecule has 0 spiro atoms. The molecular weight excluding hydrogens is 323 g/mol. The first kappa shape index (κ1) is 16.4. The van der Waals surface area contributed by atoms with Crippen LogP contribution < -0.4 is 0 Å². The molecule has 1 aromatic heterocycles. The van der Waals surface area contributed by atoms with E-state index in [1.165, 1.54) is 5.57 Å². The summed E-state index contributed by atoms with van der Waals surface area (Å²) in [7, 11) is 0. The van der Waals surface area contributed by atoms with Crippen molar-refractivity contribution in [1.29, 1.82) is 0 Å². The first-order valence-electron chi connectivity index (χ1n) is 8.82. The average molecular weight is 342 g/mol. The predicted molar refractivity (Wildman–Crippen MR) is 105 cm³/mol. The van der Waals surface area contributed by atoms with Crippen LogP contribution in [0.1, 0.15) is 24.0 Å². The molecule has 0 saturated carbocycles. The van der Waals surface area contributed by atoms with E-state index >= 15 is 0 Å². The fraction of sp³-hybridized carbons (Fsp3) is 0.130. The van der Waals surface area contributed by atoms with Crippen LogP contribution in [0.15, 0.2) is 83.6 Å². The minimum Gasteiger partial charge on any atom is -0.284 e. The summed E-state index contributed by atoms with van der Waals surface area (Å²) in [5, 5.41) is 0. The zero-order valence-electron chi connectivity index (χ0n) is 14.4. The van der Waals surface area contributed by atoms with Crippen LogP contribution in [0.5, 0.6) is 0 Å². The molecule has 0 fully saturated rings. The van der Waals surface area contributed by atoms with Crippen LogP contribution in [0.3, 0.4) is 0 Å². The average Bonchev–Trinajstić information content (AvgIpc) is 2.71. The highest BCUT2D eigenvalue weighted by Crippen LogP contribution is 2.27. The second kappa shape index (κ2) is 7.44. The lowest BCUT2D eigenvalue weighted by molar-refractivity contribution is 0.631. The minimum absolute atomic E-state index is 0.205. The Morgan fingerprint density at radius 2 is 1.77 bits per heavy atom. The molecule has 0 N–H and O–H groups in total. The maximum absolute atomic E-state index is 14.3. The third kappa shape index (κ3) is 3.47. The Bertz CT molecular complexity index is 960. The summed E-state index contributed by atoms with van der Waals surface area (Å²) in [6.07, 6.45) is 7.73. The lowest BCUT2D eigenvalue weighted by atomic mass is 9.94. The zero-order chi connectivity index (χ0) is 17.8. The predicted octanol–water partition coefficient (Wildman–Crippen LogP) is 5.55. The molecule has 3 aromatic rings. The highest BCUT2D eigenvalue weighted by atomic mass is 19.1. The molecule has 1 aliphatic rings. The van der Waals surface area contributed by atoms with Crippen molar-refractivity contribution in [3.8, 4) is 11.1 Å². The molecule has 0 saturated heterocycles. The topological polar surface area (TPSA) is 25.2 Å². The van der Waals surface area contributed by atoms with Gasteiger partial charge in [0.1, 0.15) is 5.82 Å². The van der Waals surface area contributed by atoms with Crippen molar-refractivity contribution in [2.45, 2.75) is 12.8 Å². The Kier molecular flexibility index (Phi) is 4.69. The number of rotatable bonds is 3. The molecule has 1 aliphatic heterocycles. The van der Waals surface area contributed by atoms with Crippen molar-refractivity contribution in [2.24, 2.45) is 4.99 Å². The molecule has 0 atom stereocenters. The maximum Gasteiger partial charge on any atom is 0.131 e. The van der Waals surface area contributed by atoms with Gasteiger partial charge in [-0.05, 0) is 59.9 Å². The number of nitrogens with zero attached hydrogens (tertiary/aromatic N) is 2. The monoisotopic (exact) mass is 342 g/mol. The molecule has 2 aromatic carbocycles. The summed E-state index contributed by atoms with van der Waals surface area (Å²) in [6.45, 7) is 0.834. The van der Waals surface area contributed by atoms with Crippen LogP contribution in [-0.4, -0.2) is 17.2 Å². The van der Waals surface area contributed by atoms with Crippen LogP contribution in [-0.2, 0) is 0 Å². The van der Waals surface area contributed by atoms with Gasteiger partial charge in [-0.25, -0.2) is 4.39 Å². The number of hydrogen-bond acceptors (Lipinski definition) is 2. The van der Waals surface area contributed by atoms with Gasteiger partial charge in [-0.1, -0.05) is 36.4 Å². The Morgan fingerprint density at radius 3 is 2.58 bits per heavy atom. The van der Waals surface area contributed by atoms with Gasteiger partial charge in [0.2, 0.25) is 0 Å². The number of halogens is 1. The molecule has 26 heavy (non-hydrogen) atoms. The van der Waals surface area contributed by atoms with E-state index in [0.717, 1.165) is 41.8 Å². The fourth-order valence-corrected chi connectivity index (χ4v) is 3.27. The number of pyridine rings is 1. The number of aromatic nitrogens is 1. The molecule has 128 valence electrons. The van der Waals surface area contributed by atoms with E-state index in [0.29, 0.717) is 5.56 Å². The Morgan fingerprint density at radius 1 is 0.923 bits per heavy atom. The highest BCUT2D eigenvalue weighted by molar-refractivity contribution is 6.15. The molecule has 4 rings (SSSR count). The van der Waals surface area contributed by atoms with E-state index in [1.807, 2.05) is 60.8 Å². The summed E-state index contributed by atoms with van der Waals surface area (Å²) in [5.74, 6) is -0.205. The van der Waals surface area contributed by atoms with Crippen molar-refractivity contribution >= 4 is 11.8 Å². The lowest BCUT2D eigenvalue weighted by Crippen LogP contribution is -2.11. The van der Waals surface area contributed by atoms with Crippen LogP contribution in [0.2, 0.25) is 0 Å². The van der Waals surface area contributed by atoms with Crippen molar-refractivity contribution in [3.63, 3.8) is 0 Å². The molecule has 0 radical (unpaired) electrons. The highest BCUT2D eigenvalue weighted by Gasteiger charge is 2.14. The molecule has 3 heteroatoms. The summed E-state index contributed by atoms with van der Waals surface area (Å²) in [6, 6.07) is 18.9. The van der Waals surface area contributed by atoms with E-state index < -0.39 is 0 Å². The summed E-state index contributed by atoms with van der Waals surface area (Å²) in [4.78, 5) is 8.92. The van der Waals surface area contributed by atoms with Crippen LogP contribution >= 0.6 is 0 Å². The second-order valence-electron chi connectivity index (χ2n) is 6.35. The van der Waals surface area contributed by atoms with Gasteiger partial charge in [0.05, 0.1) is 5.71 Å². The van der Waals surface area contributed by atoms with E-state index in [4.69, 9.17) is 4.99 Å². The second-order valence-corrected chi connectivity index (χ2v) is 6.35. The van der Waals surface area contributed by atoms with Crippen molar-refractivity contribution in [1.82, 2.24) is 4.98 Å². The van der Waals surface area contributed by atoms with Gasteiger partial charge in [0.25, 0.3) is 0 Å². The van der Waals surface area contributed by atoms with Gasteiger partial charge in [-0.2, -0.15) is 0 Å².